The molecule has 94 valence electrons. The lowest BCUT2D eigenvalue weighted by Gasteiger charge is -2.29. The molecule has 1 aromatic carbocycles. The van der Waals surface area contributed by atoms with Crippen molar-refractivity contribution in [1.82, 2.24) is 0 Å². The second-order valence-corrected chi connectivity index (χ2v) is 3.25. The third-order valence-corrected chi connectivity index (χ3v) is 2.20. The molecule has 0 bridgehead atoms. The van der Waals surface area contributed by atoms with Crippen LogP contribution in [0.5, 0.6) is 0 Å². The molecular weight excluding hydrogens is 247 g/mol. The van der Waals surface area contributed by atoms with Crippen LogP contribution in [0.2, 0.25) is 0 Å². The number of rotatable bonds is 4. The Morgan fingerprint density at radius 1 is 1.12 bits per heavy atom. The summed E-state index contributed by atoms with van der Waals surface area (Å²) in [5, 5.41) is 8.48. The summed E-state index contributed by atoms with van der Waals surface area (Å²) in [6.45, 7) is 0. The zero-order valence-corrected chi connectivity index (χ0v) is 8.21. The molecule has 1 atom stereocenters. The molecule has 0 saturated carbocycles. The molecule has 0 saturated heterocycles. The number of hydrogen-bond donors (Lipinski definition) is 1. The van der Waals surface area contributed by atoms with Crippen LogP contribution in [0.1, 0.15) is 5.56 Å². The SMILES string of the molecule is O=C(O)C(F)(c1ccccc1)C(F)(F)C(F)F. The lowest BCUT2D eigenvalue weighted by Crippen LogP contribution is -2.52. The average Bonchev–Trinajstić information content (AvgIpc) is 2.28. The van der Waals surface area contributed by atoms with Gasteiger partial charge in [-0.15, -0.1) is 0 Å². The van der Waals surface area contributed by atoms with Crippen LogP contribution in [-0.2, 0) is 10.5 Å². The molecule has 1 aromatic rings. The monoisotopic (exact) mass is 254 g/mol. The van der Waals surface area contributed by atoms with Gasteiger partial charge in [0.05, 0.1) is 0 Å². The Balaban J connectivity index is 3.40. The van der Waals surface area contributed by atoms with Crippen LogP contribution in [0.25, 0.3) is 0 Å². The molecule has 1 unspecified atom stereocenters. The molecule has 0 spiro atoms. The Hall–Kier alpha value is -1.66. The van der Waals surface area contributed by atoms with Gasteiger partial charge in [0.2, 0.25) is 0 Å². The number of alkyl halides is 5. The Bertz CT molecular complexity index is 406. The van der Waals surface area contributed by atoms with Crippen LogP contribution in [0.3, 0.4) is 0 Å². The highest BCUT2D eigenvalue weighted by atomic mass is 19.3. The van der Waals surface area contributed by atoms with Crippen LogP contribution >= 0.6 is 0 Å². The van der Waals surface area contributed by atoms with Crippen molar-refractivity contribution in [3.8, 4) is 0 Å². The number of carbonyl (C=O) groups is 1. The maximum Gasteiger partial charge on any atom is 0.355 e. The Morgan fingerprint density at radius 2 is 1.59 bits per heavy atom. The minimum absolute atomic E-state index is 0.713. The summed E-state index contributed by atoms with van der Waals surface area (Å²) in [6.07, 6.45) is -4.43. The third kappa shape index (κ3) is 1.96. The van der Waals surface area contributed by atoms with E-state index in [2.05, 4.69) is 0 Å². The minimum atomic E-state index is -5.32. The zero-order chi connectivity index (χ0) is 13.3. The molecule has 2 nitrogen and oxygen atoms in total. The van der Waals surface area contributed by atoms with Crippen molar-refractivity contribution in [1.29, 1.82) is 0 Å². The summed E-state index contributed by atoms with van der Waals surface area (Å²) in [5.41, 5.74) is -5.49. The fourth-order valence-corrected chi connectivity index (χ4v) is 1.28. The van der Waals surface area contributed by atoms with E-state index in [1.807, 2.05) is 0 Å². The van der Waals surface area contributed by atoms with Gasteiger partial charge in [0.15, 0.2) is 0 Å². The van der Waals surface area contributed by atoms with Gasteiger partial charge >= 0.3 is 18.3 Å². The molecule has 17 heavy (non-hydrogen) atoms. The van der Waals surface area contributed by atoms with E-state index in [-0.39, 0.29) is 0 Å². The third-order valence-electron chi connectivity index (χ3n) is 2.20. The summed E-state index contributed by atoms with van der Waals surface area (Å²) < 4.78 is 64.1. The van der Waals surface area contributed by atoms with E-state index < -0.39 is 29.5 Å². The number of carboxylic acids is 1. The Kier molecular flexibility index (Phi) is 3.40. The van der Waals surface area contributed by atoms with E-state index in [4.69, 9.17) is 5.11 Å². The van der Waals surface area contributed by atoms with E-state index in [0.29, 0.717) is 12.1 Å². The zero-order valence-electron chi connectivity index (χ0n) is 8.21. The molecule has 7 heteroatoms. The molecule has 0 aliphatic carbocycles. The van der Waals surface area contributed by atoms with Crippen LogP contribution in [-0.4, -0.2) is 23.4 Å². The van der Waals surface area contributed by atoms with Gasteiger partial charge < -0.3 is 5.11 Å². The first-order valence-corrected chi connectivity index (χ1v) is 4.38. The highest BCUT2D eigenvalue weighted by molar-refractivity contribution is 5.81. The van der Waals surface area contributed by atoms with Gasteiger partial charge in [0.1, 0.15) is 0 Å². The molecule has 0 aliphatic rings. The van der Waals surface area contributed by atoms with E-state index in [1.165, 1.54) is 6.07 Å². The molecule has 0 radical (unpaired) electrons. The van der Waals surface area contributed by atoms with Crippen LogP contribution in [0.15, 0.2) is 30.3 Å². The lowest BCUT2D eigenvalue weighted by atomic mass is 9.89. The van der Waals surface area contributed by atoms with Gasteiger partial charge in [0, 0.05) is 5.56 Å². The van der Waals surface area contributed by atoms with Gasteiger partial charge in [-0.1, -0.05) is 30.3 Å². The normalized spacial score (nSPS) is 15.6. The number of halogens is 5. The lowest BCUT2D eigenvalue weighted by molar-refractivity contribution is -0.228. The maximum absolute atomic E-state index is 13.8. The van der Waals surface area contributed by atoms with Crippen LogP contribution < -0.4 is 0 Å². The fraction of sp³-hybridized carbons (Fsp3) is 0.300. The summed E-state index contributed by atoms with van der Waals surface area (Å²) in [4.78, 5) is 10.6. The number of hydrogen-bond acceptors (Lipinski definition) is 1. The van der Waals surface area contributed by atoms with Gasteiger partial charge in [-0.3, -0.25) is 0 Å². The first-order valence-electron chi connectivity index (χ1n) is 4.38. The predicted octanol–water partition coefficient (Wildman–Crippen LogP) is 2.84. The summed E-state index contributed by atoms with van der Waals surface area (Å²) in [5.74, 6) is -7.98. The van der Waals surface area contributed by atoms with E-state index >= 15 is 0 Å². The summed E-state index contributed by atoms with van der Waals surface area (Å²) >= 11 is 0. The van der Waals surface area contributed by atoms with Gasteiger partial charge in [-0.2, -0.15) is 8.78 Å². The van der Waals surface area contributed by atoms with Crippen molar-refractivity contribution < 1.29 is 31.9 Å². The minimum Gasteiger partial charge on any atom is -0.478 e. The summed E-state index contributed by atoms with van der Waals surface area (Å²) in [6, 6.07) is 4.89. The van der Waals surface area contributed by atoms with Crippen molar-refractivity contribution in [3.05, 3.63) is 35.9 Å². The van der Waals surface area contributed by atoms with Gasteiger partial charge in [-0.25, -0.2) is 18.0 Å². The second-order valence-electron chi connectivity index (χ2n) is 3.25. The molecular formula is C10H7F5O2. The van der Waals surface area contributed by atoms with E-state index in [9.17, 15) is 26.7 Å². The van der Waals surface area contributed by atoms with Crippen molar-refractivity contribution in [3.63, 3.8) is 0 Å². The quantitative estimate of drug-likeness (QED) is 0.839. The summed E-state index contributed by atoms with van der Waals surface area (Å²) in [7, 11) is 0. The first kappa shape index (κ1) is 13.4. The van der Waals surface area contributed by atoms with Crippen molar-refractivity contribution in [2.24, 2.45) is 0 Å². The standard InChI is InChI=1S/C10H7F5O2/c11-7(12)10(14,15)9(13,8(16)17)6-4-2-1-3-5-6/h1-5,7H,(H,16,17). The van der Waals surface area contributed by atoms with Crippen LogP contribution in [0.4, 0.5) is 22.0 Å². The second kappa shape index (κ2) is 4.31. The van der Waals surface area contributed by atoms with E-state index in [0.717, 1.165) is 12.1 Å². The molecule has 1 rings (SSSR count). The highest BCUT2D eigenvalue weighted by Crippen LogP contribution is 2.45. The maximum atomic E-state index is 13.8. The van der Waals surface area contributed by atoms with Crippen molar-refractivity contribution in [2.75, 3.05) is 0 Å². The van der Waals surface area contributed by atoms with Crippen LogP contribution in [0, 0.1) is 0 Å². The molecule has 0 amide bonds. The molecule has 1 N–H and O–H groups in total. The molecule has 0 fully saturated rings. The smallest absolute Gasteiger partial charge is 0.355 e. The van der Waals surface area contributed by atoms with Gasteiger partial charge in [-0.05, 0) is 0 Å². The van der Waals surface area contributed by atoms with Gasteiger partial charge in [0.25, 0.3) is 5.67 Å². The highest BCUT2D eigenvalue weighted by Gasteiger charge is 2.67. The van der Waals surface area contributed by atoms with Crippen molar-refractivity contribution >= 4 is 5.97 Å². The fourth-order valence-electron chi connectivity index (χ4n) is 1.28. The topological polar surface area (TPSA) is 37.3 Å². The first-order chi connectivity index (χ1) is 7.74. The number of benzene rings is 1. The molecule has 0 aliphatic heterocycles. The van der Waals surface area contributed by atoms with Crippen molar-refractivity contribution in [2.45, 2.75) is 18.0 Å². The number of aliphatic carboxylic acids is 1. The van der Waals surface area contributed by atoms with E-state index in [1.54, 1.807) is 0 Å². The Labute approximate surface area is 92.7 Å². The molecule has 0 aromatic heterocycles. The molecule has 0 heterocycles. The Morgan fingerprint density at radius 3 is 1.94 bits per heavy atom. The average molecular weight is 254 g/mol. The largest absolute Gasteiger partial charge is 0.478 e. The predicted molar refractivity (Wildman–Crippen MR) is 47.8 cm³/mol. The number of carboxylic acid groups (broad SMARTS) is 1.